The third-order valence-electron chi connectivity index (χ3n) is 3.66. The van der Waals surface area contributed by atoms with E-state index in [2.05, 4.69) is 0 Å². The Morgan fingerprint density at radius 3 is 3.10 bits per heavy atom. The average Bonchev–Trinajstić information content (AvgIpc) is 2.47. The maximum absolute atomic E-state index is 12.1. The largest absolute Gasteiger partial charge is 0.493 e. The van der Waals surface area contributed by atoms with E-state index in [4.69, 9.17) is 16.3 Å². The normalized spacial score (nSPS) is 18.9. The molecule has 1 amide bonds. The first-order valence-electron chi connectivity index (χ1n) is 7.22. The van der Waals surface area contributed by atoms with E-state index in [0.717, 1.165) is 37.2 Å². The van der Waals surface area contributed by atoms with Gasteiger partial charge in [0.1, 0.15) is 5.75 Å². The van der Waals surface area contributed by atoms with Crippen LogP contribution in [-0.2, 0) is 4.79 Å². The smallest absolute Gasteiger partial charge is 0.226 e. The Hall–Kier alpha value is -1.22. The molecule has 20 heavy (non-hydrogen) atoms. The molecular weight excluding hydrogens is 274 g/mol. The second-order valence-corrected chi connectivity index (χ2v) is 5.73. The number of hydrogen-bond donors (Lipinski definition) is 0. The highest BCUT2D eigenvalue weighted by molar-refractivity contribution is 6.18. The maximum atomic E-state index is 12.1. The van der Waals surface area contributed by atoms with Crippen molar-refractivity contribution in [1.29, 1.82) is 0 Å². The molecule has 0 radical (unpaired) electrons. The maximum Gasteiger partial charge on any atom is 0.226 e. The Balaban J connectivity index is 1.75. The first kappa shape index (κ1) is 15.2. The number of rotatable bonds is 5. The van der Waals surface area contributed by atoms with Crippen molar-refractivity contribution in [2.45, 2.75) is 26.2 Å². The predicted molar refractivity (Wildman–Crippen MR) is 81.3 cm³/mol. The molecule has 110 valence electrons. The summed E-state index contributed by atoms with van der Waals surface area (Å²) in [7, 11) is 0. The van der Waals surface area contributed by atoms with Gasteiger partial charge in [0.15, 0.2) is 0 Å². The Kier molecular flexibility index (Phi) is 5.72. The number of alkyl halides is 1. The summed E-state index contributed by atoms with van der Waals surface area (Å²) in [5.74, 6) is 2.10. The van der Waals surface area contributed by atoms with Crippen LogP contribution in [0.15, 0.2) is 24.3 Å². The second kappa shape index (κ2) is 7.53. The number of carbonyl (C=O) groups excluding carboxylic acids is 1. The number of aryl methyl sites for hydroxylation is 1. The first-order chi connectivity index (χ1) is 9.69. The van der Waals surface area contributed by atoms with Gasteiger partial charge in [0.25, 0.3) is 0 Å². The molecule has 0 spiro atoms. The molecular formula is C16H22ClNO2. The topological polar surface area (TPSA) is 29.5 Å². The van der Waals surface area contributed by atoms with Gasteiger partial charge in [-0.2, -0.15) is 0 Å². The van der Waals surface area contributed by atoms with Crippen molar-refractivity contribution in [3.63, 3.8) is 0 Å². The Morgan fingerprint density at radius 2 is 2.35 bits per heavy atom. The molecule has 0 saturated carbocycles. The summed E-state index contributed by atoms with van der Waals surface area (Å²) in [5, 5.41) is 0. The molecule has 1 aliphatic heterocycles. The predicted octanol–water partition coefficient (Wildman–Crippen LogP) is 3.24. The van der Waals surface area contributed by atoms with E-state index in [1.54, 1.807) is 0 Å². The van der Waals surface area contributed by atoms with Gasteiger partial charge < -0.3 is 9.64 Å². The van der Waals surface area contributed by atoms with Gasteiger partial charge in [-0.1, -0.05) is 12.1 Å². The van der Waals surface area contributed by atoms with E-state index in [1.807, 2.05) is 36.1 Å². The standard InChI is InChI=1S/C16H22ClNO2/c1-13-4-2-6-15(10-13)20-9-7-16(19)18-8-3-5-14(11-17)12-18/h2,4,6,10,14H,3,5,7-9,11-12H2,1H3. The van der Waals surface area contributed by atoms with E-state index in [1.165, 1.54) is 0 Å². The van der Waals surface area contributed by atoms with Crippen LogP contribution in [0.2, 0.25) is 0 Å². The van der Waals surface area contributed by atoms with E-state index in [0.29, 0.717) is 24.8 Å². The number of halogens is 1. The fraction of sp³-hybridized carbons (Fsp3) is 0.562. The summed E-state index contributed by atoms with van der Waals surface area (Å²) < 4.78 is 5.63. The van der Waals surface area contributed by atoms with Gasteiger partial charge in [-0.15, -0.1) is 11.6 Å². The number of ether oxygens (including phenoxy) is 1. The third kappa shape index (κ3) is 4.41. The van der Waals surface area contributed by atoms with Crippen LogP contribution in [0.4, 0.5) is 0 Å². The molecule has 1 fully saturated rings. The number of hydrogen-bond acceptors (Lipinski definition) is 2. The molecule has 1 aromatic carbocycles. The van der Waals surface area contributed by atoms with Crippen molar-refractivity contribution in [1.82, 2.24) is 4.90 Å². The van der Waals surface area contributed by atoms with Crippen molar-refractivity contribution in [2.24, 2.45) is 5.92 Å². The van der Waals surface area contributed by atoms with E-state index < -0.39 is 0 Å². The minimum atomic E-state index is 0.174. The Bertz CT molecular complexity index is 450. The highest BCUT2D eigenvalue weighted by Gasteiger charge is 2.22. The molecule has 2 rings (SSSR count). The minimum Gasteiger partial charge on any atom is -0.493 e. The van der Waals surface area contributed by atoms with Crippen molar-refractivity contribution < 1.29 is 9.53 Å². The molecule has 1 aromatic rings. The summed E-state index contributed by atoms with van der Waals surface area (Å²) in [5.41, 5.74) is 1.16. The van der Waals surface area contributed by atoms with Crippen molar-refractivity contribution in [3.05, 3.63) is 29.8 Å². The lowest BCUT2D eigenvalue weighted by Crippen LogP contribution is -2.40. The number of amides is 1. The number of likely N-dealkylation sites (tertiary alicyclic amines) is 1. The van der Waals surface area contributed by atoms with Gasteiger partial charge in [0.2, 0.25) is 5.91 Å². The van der Waals surface area contributed by atoms with Gasteiger partial charge in [0, 0.05) is 19.0 Å². The van der Waals surface area contributed by atoms with Gasteiger partial charge in [-0.25, -0.2) is 0 Å². The zero-order valence-electron chi connectivity index (χ0n) is 12.0. The molecule has 1 heterocycles. The number of carbonyl (C=O) groups is 1. The number of benzene rings is 1. The molecule has 1 atom stereocenters. The molecule has 1 saturated heterocycles. The molecule has 4 heteroatoms. The van der Waals surface area contributed by atoms with Gasteiger partial charge >= 0.3 is 0 Å². The molecule has 0 bridgehead atoms. The molecule has 1 aliphatic rings. The van der Waals surface area contributed by atoms with Crippen molar-refractivity contribution in [3.8, 4) is 5.75 Å². The highest BCUT2D eigenvalue weighted by atomic mass is 35.5. The van der Waals surface area contributed by atoms with E-state index >= 15 is 0 Å². The van der Waals surface area contributed by atoms with Crippen LogP contribution in [0.25, 0.3) is 0 Å². The SMILES string of the molecule is Cc1cccc(OCCC(=O)N2CCCC(CCl)C2)c1. The Morgan fingerprint density at radius 1 is 1.50 bits per heavy atom. The Labute approximate surface area is 125 Å². The molecule has 0 aromatic heterocycles. The fourth-order valence-electron chi connectivity index (χ4n) is 2.54. The van der Waals surface area contributed by atoms with Crippen LogP contribution < -0.4 is 4.74 Å². The van der Waals surface area contributed by atoms with E-state index in [-0.39, 0.29) is 5.91 Å². The lowest BCUT2D eigenvalue weighted by molar-refractivity contribution is -0.133. The van der Waals surface area contributed by atoms with Crippen LogP contribution in [0, 0.1) is 12.8 Å². The molecule has 0 N–H and O–H groups in total. The zero-order chi connectivity index (χ0) is 14.4. The van der Waals surface area contributed by atoms with Crippen LogP contribution in [0.1, 0.15) is 24.8 Å². The average molecular weight is 296 g/mol. The number of nitrogens with zero attached hydrogens (tertiary/aromatic N) is 1. The molecule has 3 nitrogen and oxygen atoms in total. The molecule has 1 unspecified atom stereocenters. The quantitative estimate of drug-likeness (QED) is 0.781. The zero-order valence-corrected chi connectivity index (χ0v) is 12.7. The van der Waals surface area contributed by atoms with Crippen molar-refractivity contribution >= 4 is 17.5 Å². The van der Waals surface area contributed by atoms with Gasteiger partial charge in [0.05, 0.1) is 13.0 Å². The second-order valence-electron chi connectivity index (χ2n) is 5.42. The lowest BCUT2D eigenvalue weighted by Gasteiger charge is -2.31. The van der Waals surface area contributed by atoms with Crippen LogP contribution in [-0.4, -0.2) is 36.4 Å². The number of piperidine rings is 1. The lowest BCUT2D eigenvalue weighted by atomic mass is 10.00. The van der Waals surface area contributed by atoms with Crippen LogP contribution >= 0.6 is 11.6 Å². The molecule has 0 aliphatic carbocycles. The van der Waals surface area contributed by atoms with Crippen molar-refractivity contribution in [2.75, 3.05) is 25.6 Å². The summed E-state index contributed by atoms with van der Waals surface area (Å²) >= 11 is 5.89. The fourth-order valence-corrected chi connectivity index (χ4v) is 2.79. The summed E-state index contributed by atoms with van der Waals surface area (Å²) in [6.07, 6.45) is 2.62. The highest BCUT2D eigenvalue weighted by Crippen LogP contribution is 2.18. The van der Waals surface area contributed by atoms with Gasteiger partial charge in [-0.3, -0.25) is 4.79 Å². The summed E-state index contributed by atoms with van der Waals surface area (Å²) in [4.78, 5) is 14.0. The third-order valence-corrected chi connectivity index (χ3v) is 4.10. The minimum absolute atomic E-state index is 0.174. The van der Waals surface area contributed by atoms with E-state index in [9.17, 15) is 4.79 Å². The van der Waals surface area contributed by atoms with Crippen LogP contribution in [0.3, 0.4) is 0 Å². The van der Waals surface area contributed by atoms with Gasteiger partial charge in [-0.05, 0) is 43.4 Å². The monoisotopic (exact) mass is 295 g/mol. The summed E-state index contributed by atoms with van der Waals surface area (Å²) in [6.45, 7) is 4.12. The van der Waals surface area contributed by atoms with Crippen LogP contribution in [0.5, 0.6) is 5.75 Å². The summed E-state index contributed by atoms with van der Waals surface area (Å²) in [6, 6.07) is 7.89. The first-order valence-corrected chi connectivity index (χ1v) is 7.75.